The van der Waals surface area contributed by atoms with Crippen LogP contribution in [0.3, 0.4) is 0 Å². The van der Waals surface area contributed by atoms with Gasteiger partial charge in [0.1, 0.15) is 0 Å². The third-order valence-electron chi connectivity index (χ3n) is 3.45. The van der Waals surface area contributed by atoms with E-state index in [0.29, 0.717) is 25.6 Å². The van der Waals surface area contributed by atoms with Gasteiger partial charge in [-0.15, -0.1) is 0 Å². The second-order valence-electron chi connectivity index (χ2n) is 4.68. The molecule has 19 heavy (non-hydrogen) atoms. The van der Waals surface area contributed by atoms with Crippen molar-refractivity contribution in [2.24, 2.45) is 0 Å². The first-order valence-electron chi connectivity index (χ1n) is 7.02. The molecular formula is C15H25NO2S. The molecule has 0 bridgehead atoms. The van der Waals surface area contributed by atoms with Gasteiger partial charge in [-0.2, -0.15) is 11.3 Å². The Bertz CT molecular complexity index is 347. The fourth-order valence-electron chi connectivity index (χ4n) is 2.26. The zero-order valence-corrected chi connectivity index (χ0v) is 13.0. The van der Waals surface area contributed by atoms with Crippen molar-refractivity contribution in [3.8, 4) is 0 Å². The number of hydrogen-bond acceptors (Lipinski definition) is 3. The number of carbonyl (C=O) groups is 1. The number of methoxy groups -OCH3 is 1. The lowest BCUT2D eigenvalue weighted by Gasteiger charge is -2.30. The van der Waals surface area contributed by atoms with Crippen LogP contribution in [0.25, 0.3) is 0 Å². The van der Waals surface area contributed by atoms with Crippen molar-refractivity contribution in [1.82, 2.24) is 4.90 Å². The number of thiophene rings is 1. The Balaban J connectivity index is 2.54. The molecule has 0 atom stereocenters. The van der Waals surface area contributed by atoms with Gasteiger partial charge < -0.3 is 9.64 Å². The number of ether oxygens (including phenoxy) is 1. The Hall–Kier alpha value is -0.870. The van der Waals surface area contributed by atoms with Crippen LogP contribution in [0.15, 0.2) is 16.8 Å². The highest BCUT2D eigenvalue weighted by Gasteiger charge is 2.20. The van der Waals surface area contributed by atoms with Crippen molar-refractivity contribution in [3.05, 3.63) is 22.4 Å². The average molecular weight is 283 g/mol. The van der Waals surface area contributed by atoms with E-state index in [4.69, 9.17) is 4.74 Å². The molecule has 1 rings (SSSR count). The summed E-state index contributed by atoms with van der Waals surface area (Å²) in [6.07, 6.45) is 3.44. The van der Waals surface area contributed by atoms with Gasteiger partial charge in [0.2, 0.25) is 5.91 Å². The molecule has 0 spiro atoms. The van der Waals surface area contributed by atoms with Crippen LogP contribution in [-0.4, -0.2) is 37.1 Å². The Morgan fingerprint density at radius 1 is 1.42 bits per heavy atom. The first-order chi connectivity index (χ1) is 9.22. The Morgan fingerprint density at radius 2 is 2.16 bits per heavy atom. The highest BCUT2D eigenvalue weighted by molar-refractivity contribution is 7.07. The lowest BCUT2D eigenvalue weighted by molar-refractivity contribution is -0.134. The Kier molecular flexibility index (Phi) is 7.75. The van der Waals surface area contributed by atoms with Gasteiger partial charge in [0.25, 0.3) is 0 Å². The number of hydrogen-bond donors (Lipinski definition) is 0. The molecule has 0 unspecified atom stereocenters. The second-order valence-corrected chi connectivity index (χ2v) is 5.46. The first-order valence-corrected chi connectivity index (χ1v) is 7.96. The summed E-state index contributed by atoms with van der Waals surface area (Å²) in [5.74, 6) is 0.247. The predicted molar refractivity (Wildman–Crippen MR) is 80.6 cm³/mol. The summed E-state index contributed by atoms with van der Waals surface area (Å²) in [6.45, 7) is 5.59. The standard InChI is InChI=1S/C15H25NO2S/c1-4-14(5-2)16(9-10-18-3)15(17)7-6-13-8-11-19-12-13/h8,11-12,14H,4-7,9-10H2,1-3H3. The Morgan fingerprint density at radius 3 is 2.68 bits per heavy atom. The average Bonchev–Trinajstić information content (AvgIpc) is 2.94. The summed E-state index contributed by atoms with van der Waals surface area (Å²) >= 11 is 1.68. The van der Waals surface area contributed by atoms with E-state index in [1.807, 2.05) is 4.90 Å². The van der Waals surface area contributed by atoms with E-state index < -0.39 is 0 Å². The normalized spacial score (nSPS) is 10.9. The van der Waals surface area contributed by atoms with Gasteiger partial charge in [-0.25, -0.2) is 0 Å². The summed E-state index contributed by atoms with van der Waals surface area (Å²) in [5.41, 5.74) is 1.26. The predicted octanol–water partition coefficient (Wildman–Crippen LogP) is 3.34. The third kappa shape index (κ3) is 5.33. The van der Waals surface area contributed by atoms with Crippen LogP contribution in [0.4, 0.5) is 0 Å². The van der Waals surface area contributed by atoms with Gasteiger partial charge in [0.05, 0.1) is 6.61 Å². The smallest absolute Gasteiger partial charge is 0.223 e. The number of rotatable bonds is 9. The maximum absolute atomic E-state index is 12.4. The lowest BCUT2D eigenvalue weighted by atomic mass is 10.1. The van der Waals surface area contributed by atoms with Crippen LogP contribution < -0.4 is 0 Å². The van der Waals surface area contributed by atoms with Gasteiger partial charge in [0, 0.05) is 26.1 Å². The minimum Gasteiger partial charge on any atom is -0.383 e. The van der Waals surface area contributed by atoms with Gasteiger partial charge in [-0.1, -0.05) is 13.8 Å². The molecule has 0 aromatic carbocycles. The third-order valence-corrected chi connectivity index (χ3v) is 4.18. The molecule has 0 aliphatic rings. The fourth-order valence-corrected chi connectivity index (χ4v) is 2.96. The summed E-state index contributed by atoms with van der Waals surface area (Å²) in [7, 11) is 1.68. The molecule has 0 N–H and O–H groups in total. The SMILES string of the molecule is CCC(CC)N(CCOC)C(=O)CCc1ccsc1. The molecule has 4 heteroatoms. The molecule has 0 radical (unpaired) electrons. The van der Waals surface area contributed by atoms with E-state index in [-0.39, 0.29) is 5.91 Å². The summed E-state index contributed by atoms with van der Waals surface area (Å²) < 4.78 is 5.12. The number of amides is 1. The zero-order chi connectivity index (χ0) is 14.1. The van der Waals surface area contributed by atoms with Crippen molar-refractivity contribution >= 4 is 17.2 Å². The largest absolute Gasteiger partial charge is 0.383 e. The molecule has 1 aromatic heterocycles. The Labute approximate surface area is 120 Å². The molecule has 0 saturated heterocycles. The molecule has 0 aliphatic carbocycles. The topological polar surface area (TPSA) is 29.5 Å². The monoisotopic (exact) mass is 283 g/mol. The molecule has 1 heterocycles. The van der Waals surface area contributed by atoms with Gasteiger partial charge >= 0.3 is 0 Å². The summed E-state index contributed by atoms with van der Waals surface area (Å²) in [5, 5.41) is 4.17. The number of nitrogens with zero attached hydrogens (tertiary/aromatic N) is 1. The first kappa shape index (κ1) is 16.2. The molecule has 108 valence electrons. The van der Waals surface area contributed by atoms with E-state index in [9.17, 15) is 4.79 Å². The summed E-state index contributed by atoms with van der Waals surface area (Å²) in [6, 6.07) is 2.43. The van der Waals surface area contributed by atoms with Crippen molar-refractivity contribution in [2.75, 3.05) is 20.3 Å². The number of aryl methyl sites for hydroxylation is 1. The van der Waals surface area contributed by atoms with Crippen LogP contribution in [-0.2, 0) is 16.0 Å². The molecule has 0 aliphatic heterocycles. The summed E-state index contributed by atoms with van der Waals surface area (Å²) in [4.78, 5) is 14.4. The quantitative estimate of drug-likeness (QED) is 0.695. The maximum atomic E-state index is 12.4. The van der Waals surface area contributed by atoms with Crippen LogP contribution >= 0.6 is 11.3 Å². The molecule has 0 fully saturated rings. The molecule has 3 nitrogen and oxygen atoms in total. The van der Waals surface area contributed by atoms with Gasteiger partial charge in [-0.3, -0.25) is 4.79 Å². The highest BCUT2D eigenvalue weighted by atomic mass is 32.1. The van der Waals surface area contributed by atoms with E-state index in [0.717, 1.165) is 19.3 Å². The van der Waals surface area contributed by atoms with E-state index in [1.165, 1.54) is 5.56 Å². The molecular weight excluding hydrogens is 258 g/mol. The molecule has 1 aromatic rings. The van der Waals surface area contributed by atoms with Crippen molar-refractivity contribution in [2.45, 2.75) is 45.6 Å². The lowest BCUT2D eigenvalue weighted by Crippen LogP contribution is -2.41. The van der Waals surface area contributed by atoms with E-state index >= 15 is 0 Å². The minimum atomic E-state index is 0.247. The minimum absolute atomic E-state index is 0.247. The highest BCUT2D eigenvalue weighted by Crippen LogP contribution is 2.13. The van der Waals surface area contributed by atoms with Crippen LogP contribution in [0.2, 0.25) is 0 Å². The van der Waals surface area contributed by atoms with Crippen LogP contribution in [0, 0.1) is 0 Å². The molecule has 1 amide bonds. The van der Waals surface area contributed by atoms with E-state index in [2.05, 4.69) is 30.7 Å². The van der Waals surface area contributed by atoms with Crippen molar-refractivity contribution in [1.29, 1.82) is 0 Å². The van der Waals surface area contributed by atoms with Crippen LogP contribution in [0.1, 0.15) is 38.7 Å². The maximum Gasteiger partial charge on any atom is 0.223 e. The van der Waals surface area contributed by atoms with Gasteiger partial charge in [0.15, 0.2) is 0 Å². The fraction of sp³-hybridized carbons (Fsp3) is 0.667. The van der Waals surface area contributed by atoms with Crippen molar-refractivity contribution in [3.63, 3.8) is 0 Å². The van der Waals surface area contributed by atoms with Crippen LogP contribution in [0.5, 0.6) is 0 Å². The van der Waals surface area contributed by atoms with Crippen molar-refractivity contribution < 1.29 is 9.53 Å². The zero-order valence-electron chi connectivity index (χ0n) is 12.2. The van der Waals surface area contributed by atoms with E-state index in [1.54, 1.807) is 18.4 Å². The number of carbonyl (C=O) groups excluding carboxylic acids is 1. The second kappa shape index (κ2) is 9.10. The van der Waals surface area contributed by atoms with Gasteiger partial charge in [-0.05, 0) is 41.7 Å². The molecule has 0 saturated carbocycles.